The van der Waals surface area contributed by atoms with Crippen molar-refractivity contribution in [2.75, 3.05) is 19.6 Å². The maximum atomic E-state index is 12.7. The lowest BCUT2D eigenvalue weighted by atomic mass is 9.90. The molecular formula is C23H26N4O. The molecule has 5 heteroatoms. The van der Waals surface area contributed by atoms with E-state index in [2.05, 4.69) is 64.3 Å². The van der Waals surface area contributed by atoms with Gasteiger partial charge < -0.3 is 10.6 Å². The first kappa shape index (κ1) is 18.4. The number of aryl methyl sites for hydroxylation is 1. The van der Waals surface area contributed by atoms with Crippen molar-refractivity contribution in [2.24, 2.45) is 13.0 Å². The topological polar surface area (TPSA) is 59.0 Å². The summed E-state index contributed by atoms with van der Waals surface area (Å²) in [7, 11) is 1.91. The summed E-state index contributed by atoms with van der Waals surface area (Å²) in [6.07, 6.45) is 4.70. The molecule has 0 saturated carbocycles. The number of nitrogens with one attached hydrogen (secondary N) is 2. The first-order chi connectivity index (χ1) is 13.7. The summed E-state index contributed by atoms with van der Waals surface area (Å²) < 4.78 is 1.79. The van der Waals surface area contributed by atoms with Crippen LogP contribution in [0.3, 0.4) is 0 Å². The van der Waals surface area contributed by atoms with Crippen LogP contribution in [0.4, 0.5) is 0 Å². The molecule has 1 fully saturated rings. The maximum absolute atomic E-state index is 12.7. The molecule has 2 N–H and O–H groups in total. The Morgan fingerprint density at radius 1 is 1.14 bits per heavy atom. The van der Waals surface area contributed by atoms with Gasteiger partial charge >= 0.3 is 0 Å². The highest BCUT2D eigenvalue weighted by atomic mass is 16.1. The van der Waals surface area contributed by atoms with Gasteiger partial charge in [-0.25, -0.2) is 0 Å². The van der Waals surface area contributed by atoms with Crippen LogP contribution in [0.1, 0.15) is 17.0 Å². The third-order valence-corrected chi connectivity index (χ3v) is 5.45. The van der Waals surface area contributed by atoms with Crippen molar-refractivity contribution in [1.29, 1.82) is 0 Å². The summed E-state index contributed by atoms with van der Waals surface area (Å²) in [6, 6.07) is 18.9. The molecule has 2 aromatic carbocycles. The Morgan fingerprint density at radius 2 is 1.96 bits per heavy atom. The molecule has 0 spiro atoms. The monoisotopic (exact) mass is 374 g/mol. The first-order valence-corrected chi connectivity index (χ1v) is 9.82. The van der Waals surface area contributed by atoms with E-state index in [9.17, 15) is 4.79 Å². The fourth-order valence-electron chi connectivity index (χ4n) is 3.93. The quantitative estimate of drug-likeness (QED) is 0.698. The minimum atomic E-state index is -0.0418. The van der Waals surface area contributed by atoms with E-state index in [1.807, 2.05) is 25.5 Å². The number of carbonyl (C=O) groups excluding carboxylic acids is 1. The van der Waals surface area contributed by atoms with E-state index < -0.39 is 0 Å². The van der Waals surface area contributed by atoms with E-state index >= 15 is 0 Å². The van der Waals surface area contributed by atoms with Crippen molar-refractivity contribution >= 4 is 5.91 Å². The number of nitrogens with zero attached hydrogens (tertiary/aromatic N) is 2. The molecule has 0 bridgehead atoms. The van der Waals surface area contributed by atoms with Crippen LogP contribution in [0.15, 0.2) is 67.0 Å². The molecule has 0 radical (unpaired) electrons. The predicted octanol–water partition coefficient (Wildman–Crippen LogP) is 2.75. The molecule has 0 unspecified atom stereocenters. The molecule has 0 aliphatic carbocycles. The van der Waals surface area contributed by atoms with Crippen LogP contribution in [0.25, 0.3) is 11.1 Å². The number of aromatic nitrogens is 2. The highest BCUT2D eigenvalue weighted by Crippen LogP contribution is 2.28. The molecule has 2 heterocycles. The van der Waals surface area contributed by atoms with Gasteiger partial charge in [0, 0.05) is 38.8 Å². The van der Waals surface area contributed by atoms with Gasteiger partial charge in [-0.2, -0.15) is 5.10 Å². The van der Waals surface area contributed by atoms with Gasteiger partial charge in [0.05, 0.1) is 12.1 Å². The van der Waals surface area contributed by atoms with Crippen molar-refractivity contribution in [3.05, 3.63) is 78.1 Å². The summed E-state index contributed by atoms with van der Waals surface area (Å²) in [5, 5.41) is 10.7. The average molecular weight is 374 g/mol. The number of carbonyl (C=O) groups is 1. The zero-order valence-corrected chi connectivity index (χ0v) is 16.1. The van der Waals surface area contributed by atoms with Gasteiger partial charge in [-0.3, -0.25) is 9.48 Å². The van der Waals surface area contributed by atoms with E-state index in [-0.39, 0.29) is 17.7 Å². The fourth-order valence-corrected chi connectivity index (χ4v) is 3.93. The van der Waals surface area contributed by atoms with E-state index in [1.54, 1.807) is 4.68 Å². The Morgan fingerprint density at radius 3 is 2.75 bits per heavy atom. The van der Waals surface area contributed by atoms with Crippen molar-refractivity contribution in [3.8, 4) is 11.1 Å². The number of rotatable bonds is 6. The van der Waals surface area contributed by atoms with E-state index in [1.165, 1.54) is 16.7 Å². The minimum Gasteiger partial charge on any atom is -0.355 e. The molecule has 1 amide bonds. The Bertz CT molecular complexity index is 935. The third kappa shape index (κ3) is 4.15. The van der Waals surface area contributed by atoms with Crippen LogP contribution >= 0.6 is 0 Å². The van der Waals surface area contributed by atoms with Crippen molar-refractivity contribution in [2.45, 2.75) is 12.3 Å². The molecule has 1 saturated heterocycles. The number of hydrogen-bond acceptors (Lipinski definition) is 3. The minimum absolute atomic E-state index is 0.0418. The smallest absolute Gasteiger partial charge is 0.225 e. The third-order valence-electron chi connectivity index (χ3n) is 5.45. The Balaban J connectivity index is 1.34. The van der Waals surface area contributed by atoms with Crippen molar-refractivity contribution in [3.63, 3.8) is 0 Å². The fraction of sp³-hybridized carbons (Fsp3) is 0.304. The molecule has 3 aromatic rings. The summed E-state index contributed by atoms with van der Waals surface area (Å²) in [6.45, 7) is 2.19. The largest absolute Gasteiger partial charge is 0.355 e. The van der Waals surface area contributed by atoms with Crippen molar-refractivity contribution in [1.82, 2.24) is 20.4 Å². The summed E-state index contributed by atoms with van der Waals surface area (Å²) in [5.41, 5.74) is 4.78. The number of benzene rings is 2. The van der Waals surface area contributed by atoms with Gasteiger partial charge in [-0.15, -0.1) is 0 Å². The van der Waals surface area contributed by atoms with Crippen LogP contribution in [0, 0.1) is 5.92 Å². The van der Waals surface area contributed by atoms with Gasteiger partial charge in [-0.05, 0) is 28.7 Å². The first-order valence-electron chi connectivity index (χ1n) is 9.82. The standard InChI is InChI=1S/C23H26N4O/c1-27-16-20(13-26-27)21-14-24-15-22(21)23(28)25-11-10-17-6-5-9-19(12-17)18-7-3-2-4-8-18/h2-9,12-13,16,21-22,24H,10-11,14-15H2,1H3,(H,25,28)/t21-,22+/m1/s1. The molecule has 28 heavy (non-hydrogen) atoms. The van der Waals surface area contributed by atoms with E-state index in [0.29, 0.717) is 6.54 Å². The highest BCUT2D eigenvalue weighted by Gasteiger charge is 2.34. The van der Waals surface area contributed by atoms with Crippen molar-refractivity contribution < 1.29 is 4.79 Å². The molecule has 4 rings (SSSR count). The zero-order valence-electron chi connectivity index (χ0n) is 16.1. The van der Waals surface area contributed by atoms with Crippen LogP contribution < -0.4 is 10.6 Å². The number of amides is 1. The maximum Gasteiger partial charge on any atom is 0.225 e. The summed E-state index contributed by atoms with van der Waals surface area (Å²) in [5.74, 6) is 0.271. The molecule has 144 valence electrons. The van der Waals surface area contributed by atoms with Gasteiger partial charge in [-0.1, -0.05) is 54.6 Å². The van der Waals surface area contributed by atoms with Gasteiger partial charge in [0.15, 0.2) is 0 Å². The Labute approximate surface area is 165 Å². The van der Waals surface area contributed by atoms with Gasteiger partial charge in [0.25, 0.3) is 0 Å². The average Bonchev–Trinajstić information content (AvgIpc) is 3.38. The Kier molecular flexibility index (Phi) is 5.53. The molecule has 1 aliphatic heterocycles. The lowest BCUT2D eigenvalue weighted by molar-refractivity contribution is -0.124. The zero-order chi connectivity index (χ0) is 19.3. The van der Waals surface area contributed by atoms with Crippen LogP contribution in [0.2, 0.25) is 0 Å². The van der Waals surface area contributed by atoms with E-state index in [4.69, 9.17) is 0 Å². The second-order valence-corrected chi connectivity index (χ2v) is 7.43. The summed E-state index contributed by atoms with van der Waals surface area (Å²) in [4.78, 5) is 12.7. The van der Waals surface area contributed by atoms with Crippen LogP contribution in [-0.4, -0.2) is 35.3 Å². The second kappa shape index (κ2) is 8.40. The normalized spacial score (nSPS) is 18.9. The number of hydrogen-bond donors (Lipinski definition) is 2. The second-order valence-electron chi connectivity index (χ2n) is 7.43. The molecule has 5 nitrogen and oxygen atoms in total. The van der Waals surface area contributed by atoms with Gasteiger partial charge in [0.2, 0.25) is 5.91 Å². The SMILES string of the molecule is Cn1cc([C@H]2CNC[C@@H]2C(=O)NCCc2cccc(-c3ccccc3)c2)cn1. The molecule has 2 atom stereocenters. The highest BCUT2D eigenvalue weighted by molar-refractivity contribution is 5.80. The van der Waals surface area contributed by atoms with Gasteiger partial charge in [0.1, 0.15) is 0 Å². The molecular weight excluding hydrogens is 348 g/mol. The van der Waals surface area contributed by atoms with E-state index in [0.717, 1.165) is 25.1 Å². The lowest BCUT2D eigenvalue weighted by Gasteiger charge is -2.17. The lowest BCUT2D eigenvalue weighted by Crippen LogP contribution is -2.35. The van der Waals surface area contributed by atoms with Crippen LogP contribution in [-0.2, 0) is 18.3 Å². The predicted molar refractivity (Wildman–Crippen MR) is 111 cm³/mol. The molecule has 1 aromatic heterocycles. The Hall–Kier alpha value is -2.92. The summed E-state index contributed by atoms with van der Waals surface area (Å²) >= 11 is 0. The van der Waals surface area contributed by atoms with Crippen LogP contribution in [0.5, 0.6) is 0 Å². The molecule has 1 aliphatic rings.